The monoisotopic (exact) mass is 634 g/mol. The highest BCUT2D eigenvalue weighted by Gasteiger charge is 2.40. The molecule has 4 aromatic carbocycles. The number of hydrogen-bond acceptors (Lipinski definition) is 4. The fourth-order valence-electron chi connectivity index (χ4n) is 6.17. The van der Waals surface area contributed by atoms with Gasteiger partial charge in [0, 0.05) is 48.4 Å². The summed E-state index contributed by atoms with van der Waals surface area (Å²) in [5.41, 5.74) is 1.88. The third kappa shape index (κ3) is 5.31. The SMILES string of the molecule is Cn1nc(-c2cccc(C(F)(F)F)c2)c2ccc(NC3CCN(c4nc5ccccc5n4C(F)(F)c4cccc(F)c4)CC3)cc21. The smallest absolute Gasteiger partial charge is 0.382 e. The van der Waals surface area contributed by atoms with Crippen LogP contribution in [0, 0.1) is 5.82 Å². The molecule has 1 aliphatic heterocycles. The maximum Gasteiger partial charge on any atom is 0.416 e. The lowest BCUT2D eigenvalue weighted by atomic mass is 10.0. The highest BCUT2D eigenvalue weighted by molar-refractivity contribution is 5.95. The van der Waals surface area contributed by atoms with Crippen molar-refractivity contribution in [1.29, 1.82) is 0 Å². The maximum atomic E-state index is 16.0. The Morgan fingerprint density at radius 1 is 0.783 bits per heavy atom. The Morgan fingerprint density at radius 3 is 2.28 bits per heavy atom. The number of anilines is 2. The first-order valence-corrected chi connectivity index (χ1v) is 14.8. The number of alkyl halides is 5. The number of nitrogens with one attached hydrogen (secondary N) is 1. The third-order valence-electron chi connectivity index (χ3n) is 8.46. The lowest BCUT2D eigenvalue weighted by molar-refractivity contribution is -0.137. The highest BCUT2D eigenvalue weighted by Crippen LogP contribution is 2.39. The first kappa shape index (κ1) is 29.7. The number of hydrogen-bond donors (Lipinski definition) is 1. The predicted octanol–water partition coefficient (Wildman–Crippen LogP) is 8.43. The first-order valence-electron chi connectivity index (χ1n) is 14.8. The van der Waals surface area contributed by atoms with Crippen molar-refractivity contribution in [2.24, 2.45) is 7.05 Å². The third-order valence-corrected chi connectivity index (χ3v) is 8.46. The zero-order valence-corrected chi connectivity index (χ0v) is 24.6. The van der Waals surface area contributed by atoms with Crippen LogP contribution in [0.4, 0.5) is 38.0 Å². The van der Waals surface area contributed by atoms with Gasteiger partial charge in [-0.05, 0) is 67.4 Å². The molecule has 0 spiro atoms. The van der Waals surface area contributed by atoms with E-state index >= 15 is 8.78 Å². The topological polar surface area (TPSA) is 50.9 Å². The summed E-state index contributed by atoms with van der Waals surface area (Å²) in [6.45, 7) is 0.905. The normalized spacial score (nSPS) is 14.8. The average molecular weight is 635 g/mol. The quantitative estimate of drug-likeness (QED) is 0.187. The van der Waals surface area contributed by atoms with Crippen LogP contribution in [-0.2, 0) is 19.3 Å². The summed E-state index contributed by atoms with van der Waals surface area (Å²) in [6, 6.07) is 18.3. The number of halogens is 6. The van der Waals surface area contributed by atoms with E-state index in [1.165, 1.54) is 18.2 Å². The molecule has 0 atom stereocenters. The first-order chi connectivity index (χ1) is 22.0. The Bertz CT molecular complexity index is 2060. The van der Waals surface area contributed by atoms with Crippen LogP contribution >= 0.6 is 0 Å². The van der Waals surface area contributed by atoms with Gasteiger partial charge < -0.3 is 10.2 Å². The standard InChI is InChI=1S/C34H28F6N6/c1-44-30-20-26(12-13-27(30)31(43-44)21-6-4-7-22(18-21)33(36,37)38)41-25-14-16-45(17-15-25)32-42-28-10-2-3-11-29(28)46(32)34(39,40)23-8-5-9-24(35)19-23/h2-13,18-20,25,41H,14-17H2,1H3. The van der Waals surface area contributed by atoms with E-state index in [2.05, 4.69) is 15.4 Å². The van der Waals surface area contributed by atoms with Crippen LogP contribution in [-0.4, -0.2) is 38.5 Å². The number of imidazole rings is 1. The molecule has 6 nitrogen and oxygen atoms in total. The molecule has 2 aromatic heterocycles. The predicted molar refractivity (Wildman–Crippen MR) is 165 cm³/mol. The van der Waals surface area contributed by atoms with E-state index in [1.807, 2.05) is 23.1 Å². The van der Waals surface area contributed by atoms with Crippen molar-refractivity contribution in [3.05, 3.63) is 108 Å². The molecule has 1 fully saturated rings. The van der Waals surface area contributed by atoms with Gasteiger partial charge in [0.15, 0.2) is 0 Å². The fourth-order valence-corrected chi connectivity index (χ4v) is 6.17. The molecule has 0 amide bonds. The molecule has 7 rings (SSSR count). The van der Waals surface area contributed by atoms with Gasteiger partial charge in [0.05, 0.1) is 22.1 Å². The zero-order valence-electron chi connectivity index (χ0n) is 24.6. The minimum Gasteiger partial charge on any atom is -0.382 e. The summed E-state index contributed by atoms with van der Waals surface area (Å²) in [4.78, 5) is 6.40. The van der Waals surface area contributed by atoms with Crippen molar-refractivity contribution in [2.45, 2.75) is 31.1 Å². The summed E-state index contributed by atoms with van der Waals surface area (Å²) < 4.78 is 88.5. The van der Waals surface area contributed by atoms with E-state index in [0.717, 1.165) is 45.4 Å². The van der Waals surface area contributed by atoms with Crippen molar-refractivity contribution in [1.82, 2.24) is 19.3 Å². The number of rotatable bonds is 6. The summed E-state index contributed by atoms with van der Waals surface area (Å²) in [6.07, 6.45) is -3.19. The Balaban J connectivity index is 1.11. The number of aromatic nitrogens is 4. The molecular weight excluding hydrogens is 606 g/mol. The molecular formula is C34H28F6N6. The number of piperidine rings is 1. The molecule has 0 bridgehead atoms. The lowest BCUT2D eigenvalue weighted by Crippen LogP contribution is -2.41. The zero-order chi connectivity index (χ0) is 32.2. The van der Waals surface area contributed by atoms with Gasteiger partial charge in [-0.25, -0.2) is 13.9 Å². The number of aryl methyl sites for hydroxylation is 1. The molecule has 3 heterocycles. The van der Waals surface area contributed by atoms with Gasteiger partial charge in [0.25, 0.3) is 0 Å². The van der Waals surface area contributed by atoms with Crippen molar-refractivity contribution < 1.29 is 26.3 Å². The second-order valence-corrected chi connectivity index (χ2v) is 11.5. The maximum absolute atomic E-state index is 16.0. The fraction of sp³-hybridized carbons (Fsp3) is 0.235. The summed E-state index contributed by atoms with van der Waals surface area (Å²) in [7, 11) is 1.74. The average Bonchev–Trinajstić information content (AvgIpc) is 3.59. The molecule has 12 heteroatoms. The Labute approximate surface area is 259 Å². The Hall–Kier alpha value is -5.00. The van der Waals surface area contributed by atoms with E-state index < -0.39 is 29.2 Å². The van der Waals surface area contributed by atoms with Gasteiger partial charge in [-0.1, -0.05) is 36.4 Å². The van der Waals surface area contributed by atoms with Crippen LogP contribution in [0.3, 0.4) is 0 Å². The number of nitrogens with zero attached hydrogens (tertiary/aromatic N) is 5. The number of fused-ring (bicyclic) bond motifs is 2. The molecule has 0 unspecified atom stereocenters. The molecule has 236 valence electrons. The molecule has 0 saturated carbocycles. The summed E-state index contributed by atoms with van der Waals surface area (Å²) in [5.74, 6) is -0.626. The van der Waals surface area contributed by atoms with Crippen molar-refractivity contribution in [3.8, 4) is 11.3 Å². The summed E-state index contributed by atoms with van der Waals surface area (Å²) >= 11 is 0. The van der Waals surface area contributed by atoms with Gasteiger partial charge in [-0.15, -0.1) is 0 Å². The van der Waals surface area contributed by atoms with E-state index in [0.29, 0.717) is 42.7 Å². The largest absolute Gasteiger partial charge is 0.416 e. The van der Waals surface area contributed by atoms with E-state index in [4.69, 9.17) is 0 Å². The van der Waals surface area contributed by atoms with E-state index in [1.54, 1.807) is 42.1 Å². The second-order valence-electron chi connectivity index (χ2n) is 11.5. The van der Waals surface area contributed by atoms with Crippen LogP contribution in [0.15, 0.2) is 91.0 Å². The van der Waals surface area contributed by atoms with Crippen molar-refractivity contribution in [3.63, 3.8) is 0 Å². The highest BCUT2D eigenvalue weighted by atomic mass is 19.4. The van der Waals surface area contributed by atoms with Gasteiger partial charge in [0.2, 0.25) is 5.95 Å². The van der Waals surface area contributed by atoms with Gasteiger partial charge in [0.1, 0.15) is 11.5 Å². The molecule has 1 aliphatic rings. The molecule has 1 N–H and O–H groups in total. The van der Waals surface area contributed by atoms with Gasteiger partial charge in [-0.2, -0.15) is 27.1 Å². The van der Waals surface area contributed by atoms with Crippen LogP contribution in [0.1, 0.15) is 24.0 Å². The van der Waals surface area contributed by atoms with Crippen LogP contribution in [0.2, 0.25) is 0 Å². The molecule has 46 heavy (non-hydrogen) atoms. The molecule has 6 aromatic rings. The minimum atomic E-state index is -4.46. The second kappa shape index (κ2) is 11.1. The number of para-hydroxylation sites is 2. The number of benzene rings is 4. The summed E-state index contributed by atoms with van der Waals surface area (Å²) in [5, 5.41) is 8.75. The Morgan fingerprint density at radius 2 is 1.52 bits per heavy atom. The van der Waals surface area contributed by atoms with Crippen molar-refractivity contribution >= 4 is 33.6 Å². The van der Waals surface area contributed by atoms with Gasteiger partial charge >= 0.3 is 12.2 Å². The van der Waals surface area contributed by atoms with E-state index in [9.17, 15) is 17.6 Å². The molecule has 0 aliphatic carbocycles. The Kier molecular flexibility index (Phi) is 7.17. The van der Waals surface area contributed by atoms with Crippen molar-refractivity contribution in [2.75, 3.05) is 23.3 Å². The lowest BCUT2D eigenvalue weighted by Gasteiger charge is -2.35. The van der Waals surface area contributed by atoms with Crippen LogP contribution < -0.4 is 10.2 Å². The minimum absolute atomic E-state index is 0.0337. The van der Waals surface area contributed by atoms with E-state index in [-0.39, 0.29) is 17.5 Å². The van der Waals surface area contributed by atoms with Crippen LogP contribution in [0.5, 0.6) is 0 Å². The molecule has 0 radical (unpaired) electrons. The van der Waals surface area contributed by atoms with Crippen LogP contribution in [0.25, 0.3) is 33.2 Å². The molecule has 1 saturated heterocycles. The van der Waals surface area contributed by atoms with Gasteiger partial charge in [-0.3, -0.25) is 4.68 Å².